The molecule has 1 atom stereocenters. The van der Waals surface area contributed by atoms with Crippen molar-refractivity contribution in [3.05, 3.63) is 64.3 Å². The number of halogens is 3. The summed E-state index contributed by atoms with van der Waals surface area (Å²) in [6, 6.07) is 6.75. The summed E-state index contributed by atoms with van der Waals surface area (Å²) in [7, 11) is 0. The number of nitrogens with zero attached hydrogens (tertiary/aromatic N) is 5. The van der Waals surface area contributed by atoms with E-state index in [9.17, 15) is 18.0 Å². The zero-order chi connectivity index (χ0) is 24.9. The van der Waals surface area contributed by atoms with Gasteiger partial charge in [0.15, 0.2) is 5.69 Å². The summed E-state index contributed by atoms with van der Waals surface area (Å²) in [6.07, 6.45) is -2.91. The number of alkyl halides is 3. The molecule has 188 valence electrons. The Balaban J connectivity index is 1.39. The van der Waals surface area contributed by atoms with E-state index in [0.29, 0.717) is 43.4 Å². The van der Waals surface area contributed by atoms with E-state index in [1.54, 1.807) is 0 Å². The van der Waals surface area contributed by atoms with Crippen LogP contribution in [-0.2, 0) is 23.9 Å². The summed E-state index contributed by atoms with van der Waals surface area (Å²) in [5, 5.41) is 0.569. The number of fused-ring (bicyclic) bond motifs is 2. The van der Waals surface area contributed by atoms with E-state index in [-0.39, 0.29) is 19.0 Å². The Morgan fingerprint density at radius 1 is 1.17 bits per heavy atom. The first kappa shape index (κ1) is 23.1. The highest BCUT2D eigenvalue weighted by Gasteiger charge is 2.45. The molecule has 5 heterocycles. The second-order valence-electron chi connectivity index (χ2n) is 8.61. The van der Waals surface area contributed by atoms with Crippen LogP contribution in [0.15, 0.2) is 35.0 Å². The first-order chi connectivity index (χ1) is 17.4. The van der Waals surface area contributed by atoms with Crippen LogP contribution in [0.5, 0.6) is 0 Å². The van der Waals surface area contributed by atoms with Crippen molar-refractivity contribution in [3.8, 4) is 0 Å². The van der Waals surface area contributed by atoms with E-state index in [2.05, 4.69) is 19.9 Å². The lowest BCUT2D eigenvalue weighted by Gasteiger charge is -2.33. The molecule has 1 fully saturated rings. The SMILES string of the molecule is O=C(c1oc(CN2CCOCC2)nc1C(F)(F)F)N1CCc2[nH]cnc2[C@H]1c1nc2ccccc2s1. The molecule has 0 aliphatic carbocycles. The van der Waals surface area contributed by atoms with Crippen molar-refractivity contribution in [1.29, 1.82) is 0 Å². The highest BCUT2D eigenvalue weighted by molar-refractivity contribution is 7.18. The molecule has 9 nitrogen and oxygen atoms in total. The minimum atomic E-state index is -4.85. The van der Waals surface area contributed by atoms with Crippen molar-refractivity contribution in [3.63, 3.8) is 0 Å². The summed E-state index contributed by atoms with van der Waals surface area (Å²) in [5.74, 6) is -1.85. The lowest BCUT2D eigenvalue weighted by atomic mass is 10.0. The predicted octanol–water partition coefficient (Wildman–Crippen LogP) is 3.65. The number of morpholine rings is 1. The number of hydrogen-bond acceptors (Lipinski definition) is 8. The smallest absolute Gasteiger partial charge is 0.433 e. The Kier molecular flexibility index (Phi) is 5.77. The number of nitrogens with one attached hydrogen (secondary N) is 1. The van der Waals surface area contributed by atoms with Gasteiger partial charge in [-0.15, -0.1) is 11.3 Å². The zero-order valence-corrected chi connectivity index (χ0v) is 19.7. The zero-order valence-electron chi connectivity index (χ0n) is 18.9. The van der Waals surface area contributed by atoms with E-state index >= 15 is 0 Å². The number of hydrogen-bond donors (Lipinski definition) is 1. The Hall–Kier alpha value is -3.29. The lowest BCUT2D eigenvalue weighted by molar-refractivity contribution is -0.141. The fourth-order valence-corrected chi connectivity index (χ4v) is 5.69. The molecule has 0 spiro atoms. The Bertz CT molecular complexity index is 1370. The molecule has 0 radical (unpaired) electrons. The monoisotopic (exact) mass is 518 g/mol. The first-order valence-electron chi connectivity index (χ1n) is 11.4. The highest BCUT2D eigenvalue weighted by Crippen LogP contribution is 2.40. The molecule has 1 aromatic carbocycles. The summed E-state index contributed by atoms with van der Waals surface area (Å²) in [4.78, 5) is 32.8. The fraction of sp³-hybridized carbons (Fsp3) is 0.391. The summed E-state index contributed by atoms with van der Waals surface area (Å²) < 4.78 is 53.6. The van der Waals surface area contributed by atoms with Crippen molar-refractivity contribution >= 4 is 27.5 Å². The number of aromatic amines is 1. The summed E-state index contributed by atoms with van der Waals surface area (Å²) in [6.45, 7) is 2.27. The topological polar surface area (TPSA) is 100 Å². The minimum absolute atomic E-state index is 0.0601. The maximum absolute atomic E-state index is 14.0. The average molecular weight is 519 g/mol. The van der Waals surface area contributed by atoms with Crippen LogP contribution in [-0.4, -0.2) is 68.5 Å². The highest BCUT2D eigenvalue weighted by atomic mass is 32.1. The second kappa shape index (κ2) is 8.98. The van der Waals surface area contributed by atoms with Gasteiger partial charge in [0.25, 0.3) is 5.91 Å². The number of carbonyl (C=O) groups excluding carboxylic acids is 1. The Morgan fingerprint density at radius 3 is 2.75 bits per heavy atom. The van der Waals surface area contributed by atoms with Gasteiger partial charge < -0.3 is 19.0 Å². The predicted molar refractivity (Wildman–Crippen MR) is 122 cm³/mol. The maximum Gasteiger partial charge on any atom is 0.437 e. The normalized spacial score (nSPS) is 19.1. The molecule has 0 bridgehead atoms. The molecule has 4 aromatic rings. The fourth-order valence-electron chi connectivity index (χ4n) is 4.60. The van der Waals surface area contributed by atoms with Crippen LogP contribution in [0, 0.1) is 0 Å². The Morgan fingerprint density at radius 2 is 1.97 bits per heavy atom. The molecule has 0 unspecified atom stereocenters. The number of benzene rings is 1. The van der Waals surface area contributed by atoms with Gasteiger partial charge in [-0.2, -0.15) is 13.2 Å². The van der Waals surface area contributed by atoms with Gasteiger partial charge in [-0.25, -0.2) is 15.0 Å². The number of ether oxygens (including phenoxy) is 1. The molecule has 1 N–H and O–H groups in total. The van der Waals surface area contributed by atoms with E-state index in [4.69, 9.17) is 9.15 Å². The summed E-state index contributed by atoms with van der Waals surface area (Å²) in [5.41, 5.74) is 0.822. The van der Waals surface area contributed by atoms with Gasteiger partial charge in [0, 0.05) is 31.7 Å². The molecule has 36 heavy (non-hydrogen) atoms. The second-order valence-corrected chi connectivity index (χ2v) is 9.67. The van der Waals surface area contributed by atoms with Gasteiger partial charge in [0.2, 0.25) is 11.7 Å². The van der Waals surface area contributed by atoms with Crippen LogP contribution < -0.4 is 0 Å². The average Bonchev–Trinajstić information content (AvgIpc) is 3.61. The van der Waals surface area contributed by atoms with Gasteiger partial charge in [-0.1, -0.05) is 12.1 Å². The van der Waals surface area contributed by atoms with Crippen LogP contribution in [0.1, 0.15) is 44.6 Å². The number of thiazole rings is 1. The van der Waals surface area contributed by atoms with Crippen molar-refractivity contribution in [2.24, 2.45) is 0 Å². The largest absolute Gasteiger partial charge is 0.437 e. The number of imidazole rings is 1. The van der Waals surface area contributed by atoms with Crippen molar-refractivity contribution in [2.75, 3.05) is 32.8 Å². The standard InChI is InChI=1S/C23H21F3N6O3S/c24-23(25,26)20-19(35-16(30-20)11-31-7-9-34-10-8-31)22(33)32-6-5-14-17(28-12-27-14)18(32)21-29-13-3-1-2-4-15(13)36-21/h1-4,12,18H,5-11H2,(H,27,28)/t18-/m0/s1. The van der Waals surface area contributed by atoms with Gasteiger partial charge in [-0.3, -0.25) is 9.69 Å². The van der Waals surface area contributed by atoms with Crippen LogP contribution in [0.25, 0.3) is 10.2 Å². The van der Waals surface area contributed by atoms with Crippen LogP contribution in [0.4, 0.5) is 13.2 Å². The molecule has 6 rings (SSSR count). The van der Waals surface area contributed by atoms with Gasteiger partial charge >= 0.3 is 6.18 Å². The maximum atomic E-state index is 14.0. The third-order valence-corrected chi connectivity index (χ3v) is 7.42. The molecule has 2 aliphatic rings. The Labute approximate surface area is 206 Å². The molecular weight excluding hydrogens is 497 g/mol. The van der Waals surface area contributed by atoms with E-state index in [0.717, 1.165) is 15.9 Å². The van der Waals surface area contributed by atoms with Crippen molar-refractivity contribution in [2.45, 2.75) is 25.2 Å². The third kappa shape index (κ3) is 4.16. The van der Waals surface area contributed by atoms with E-state index in [1.165, 1.54) is 22.6 Å². The van der Waals surface area contributed by atoms with E-state index < -0.39 is 29.6 Å². The van der Waals surface area contributed by atoms with Crippen molar-refractivity contribution < 1.29 is 27.1 Å². The number of amides is 1. The first-order valence-corrected chi connectivity index (χ1v) is 12.3. The van der Waals surface area contributed by atoms with Gasteiger partial charge in [0.05, 0.1) is 42.0 Å². The van der Waals surface area contributed by atoms with E-state index in [1.807, 2.05) is 29.2 Å². The van der Waals surface area contributed by atoms with Gasteiger partial charge in [0.1, 0.15) is 11.0 Å². The number of oxazole rings is 1. The van der Waals surface area contributed by atoms with Crippen LogP contribution >= 0.6 is 11.3 Å². The molecule has 3 aromatic heterocycles. The van der Waals surface area contributed by atoms with Crippen molar-refractivity contribution in [1.82, 2.24) is 29.7 Å². The molecule has 2 aliphatic heterocycles. The van der Waals surface area contributed by atoms with Crippen LogP contribution in [0.2, 0.25) is 0 Å². The minimum Gasteiger partial charge on any atom is -0.433 e. The molecular formula is C23H21F3N6O3S. The number of H-pyrrole nitrogens is 1. The number of para-hydroxylation sites is 1. The molecule has 13 heteroatoms. The number of aromatic nitrogens is 4. The number of carbonyl (C=O) groups is 1. The summed E-state index contributed by atoms with van der Waals surface area (Å²) >= 11 is 1.38. The quantitative estimate of drug-likeness (QED) is 0.440. The van der Waals surface area contributed by atoms with Crippen LogP contribution in [0.3, 0.4) is 0 Å². The van der Waals surface area contributed by atoms with Gasteiger partial charge in [-0.05, 0) is 12.1 Å². The third-order valence-electron chi connectivity index (χ3n) is 6.33. The molecule has 0 saturated carbocycles. The molecule has 1 amide bonds. The number of rotatable bonds is 4. The molecule has 1 saturated heterocycles. The lowest BCUT2D eigenvalue weighted by Crippen LogP contribution is -2.41.